The van der Waals surface area contributed by atoms with Gasteiger partial charge in [0.25, 0.3) is 0 Å². The molecular formula is C15H24FN3. The van der Waals surface area contributed by atoms with E-state index < -0.39 is 0 Å². The molecule has 1 aromatic carbocycles. The van der Waals surface area contributed by atoms with Gasteiger partial charge in [-0.15, -0.1) is 0 Å². The normalized spacial score (nSPS) is 18.6. The van der Waals surface area contributed by atoms with Crippen LogP contribution < -0.4 is 10.6 Å². The SMILES string of the molecule is CCCN1CCN(c2c(F)cccc2[C@@H](C)N)CC1. The highest BCUT2D eigenvalue weighted by Gasteiger charge is 2.22. The second-order valence-electron chi connectivity index (χ2n) is 5.30. The molecule has 0 radical (unpaired) electrons. The van der Waals surface area contributed by atoms with Crippen molar-refractivity contribution in [3.05, 3.63) is 29.6 Å². The number of anilines is 1. The first-order valence-corrected chi connectivity index (χ1v) is 7.14. The largest absolute Gasteiger partial charge is 0.366 e. The Bertz CT molecular complexity index is 412. The van der Waals surface area contributed by atoms with Crippen LogP contribution in [0.15, 0.2) is 18.2 Å². The first-order chi connectivity index (χ1) is 9.13. The number of piperazine rings is 1. The Morgan fingerprint density at radius 3 is 2.53 bits per heavy atom. The van der Waals surface area contributed by atoms with Crippen molar-refractivity contribution < 1.29 is 4.39 Å². The van der Waals surface area contributed by atoms with Gasteiger partial charge in [0, 0.05) is 32.2 Å². The highest BCUT2D eigenvalue weighted by atomic mass is 19.1. The van der Waals surface area contributed by atoms with Gasteiger partial charge in [0.05, 0.1) is 5.69 Å². The fraction of sp³-hybridized carbons (Fsp3) is 0.600. The Kier molecular flexibility index (Phi) is 4.77. The highest BCUT2D eigenvalue weighted by molar-refractivity contribution is 5.56. The molecule has 3 nitrogen and oxygen atoms in total. The average molecular weight is 265 g/mol. The zero-order valence-corrected chi connectivity index (χ0v) is 11.9. The number of benzene rings is 1. The third-order valence-electron chi connectivity index (χ3n) is 3.74. The zero-order chi connectivity index (χ0) is 13.8. The number of halogens is 1. The van der Waals surface area contributed by atoms with E-state index in [0.29, 0.717) is 5.69 Å². The van der Waals surface area contributed by atoms with Gasteiger partial charge < -0.3 is 10.6 Å². The third kappa shape index (κ3) is 3.25. The van der Waals surface area contributed by atoms with Crippen LogP contribution in [0.1, 0.15) is 31.9 Å². The van der Waals surface area contributed by atoms with E-state index >= 15 is 0 Å². The van der Waals surface area contributed by atoms with Crippen molar-refractivity contribution >= 4 is 5.69 Å². The molecule has 1 fully saturated rings. The van der Waals surface area contributed by atoms with E-state index in [1.165, 1.54) is 12.5 Å². The van der Waals surface area contributed by atoms with E-state index in [-0.39, 0.29) is 11.9 Å². The van der Waals surface area contributed by atoms with Crippen LogP contribution in [0.3, 0.4) is 0 Å². The molecule has 0 aromatic heterocycles. The molecular weight excluding hydrogens is 241 g/mol. The van der Waals surface area contributed by atoms with Gasteiger partial charge in [0.1, 0.15) is 5.82 Å². The van der Waals surface area contributed by atoms with Crippen LogP contribution in [-0.4, -0.2) is 37.6 Å². The molecule has 4 heteroatoms. The van der Waals surface area contributed by atoms with E-state index in [4.69, 9.17) is 5.73 Å². The minimum absolute atomic E-state index is 0.139. The molecule has 0 saturated carbocycles. The first kappa shape index (κ1) is 14.3. The molecule has 0 aliphatic carbocycles. The van der Waals surface area contributed by atoms with Crippen LogP contribution in [-0.2, 0) is 0 Å². The van der Waals surface area contributed by atoms with E-state index in [9.17, 15) is 4.39 Å². The first-order valence-electron chi connectivity index (χ1n) is 7.14. The van der Waals surface area contributed by atoms with Crippen molar-refractivity contribution in [2.24, 2.45) is 5.73 Å². The smallest absolute Gasteiger partial charge is 0.146 e. The fourth-order valence-corrected chi connectivity index (χ4v) is 2.74. The maximum atomic E-state index is 14.1. The van der Waals surface area contributed by atoms with Crippen LogP contribution >= 0.6 is 0 Å². The lowest BCUT2D eigenvalue weighted by molar-refractivity contribution is 0.257. The van der Waals surface area contributed by atoms with Crippen molar-refractivity contribution in [1.82, 2.24) is 4.90 Å². The van der Waals surface area contributed by atoms with E-state index in [0.717, 1.165) is 38.3 Å². The molecule has 1 saturated heterocycles. The average Bonchev–Trinajstić information content (AvgIpc) is 2.40. The lowest BCUT2D eigenvalue weighted by Gasteiger charge is -2.37. The Balaban J connectivity index is 2.15. The standard InChI is InChI=1S/C15H24FN3/c1-3-7-18-8-10-19(11-9-18)15-13(12(2)17)5-4-6-14(15)16/h4-6,12H,3,7-11,17H2,1-2H3/t12-/m1/s1. The maximum absolute atomic E-state index is 14.1. The molecule has 0 bridgehead atoms. The van der Waals surface area contributed by atoms with Gasteiger partial charge >= 0.3 is 0 Å². The number of nitrogens with zero attached hydrogens (tertiary/aromatic N) is 2. The Morgan fingerprint density at radius 2 is 1.95 bits per heavy atom. The lowest BCUT2D eigenvalue weighted by Crippen LogP contribution is -2.47. The van der Waals surface area contributed by atoms with E-state index in [2.05, 4.69) is 16.7 Å². The molecule has 0 spiro atoms. The van der Waals surface area contributed by atoms with Crippen LogP contribution in [0, 0.1) is 5.82 Å². The van der Waals surface area contributed by atoms with Crippen molar-refractivity contribution in [3.63, 3.8) is 0 Å². The van der Waals surface area contributed by atoms with Gasteiger partial charge in [-0.1, -0.05) is 19.1 Å². The summed E-state index contributed by atoms with van der Waals surface area (Å²) in [7, 11) is 0. The quantitative estimate of drug-likeness (QED) is 0.907. The van der Waals surface area contributed by atoms with Gasteiger partial charge in [0.2, 0.25) is 0 Å². The van der Waals surface area contributed by atoms with E-state index in [1.807, 2.05) is 13.0 Å². The molecule has 1 aliphatic rings. The predicted molar refractivity (Wildman–Crippen MR) is 77.9 cm³/mol. The molecule has 19 heavy (non-hydrogen) atoms. The lowest BCUT2D eigenvalue weighted by atomic mass is 10.0. The molecule has 2 rings (SSSR count). The van der Waals surface area contributed by atoms with E-state index in [1.54, 1.807) is 6.07 Å². The number of rotatable bonds is 4. The molecule has 1 atom stereocenters. The van der Waals surface area contributed by atoms with Crippen molar-refractivity contribution in [1.29, 1.82) is 0 Å². The van der Waals surface area contributed by atoms with Crippen LogP contribution in [0.25, 0.3) is 0 Å². The highest BCUT2D eigenvalue weighted by Crippen LogP contribution is 2.29. The molecule has 106 valence electrons. The summed E-state index contributed by atoms with van der Waals surface area (Å²) >= 11 is 0. The van der Waals surface area contributed by atoms with Crippen LogP contribution in [0.4, 0.5) is 10.1 Å². The summed E-state index contributed by atoms with van der Waals surface area (Å²) in [6.07, 6.45) is 1.17. The van der Waals surface area contributed by atoms with Crippen molar-refractivity contribution in [2.45, 2.75) is 26.3 Å². The van der Waals surface area contributed by atoms with Gasteiger partial charge in [-0.3, -0.25) is 4.90 Å². The summed E-state index contributed by atoms with van der Waals surface area (Å²) in [5, 5.41) is 0. The number of hydrogen-bond acceptors (Lipinski definition) is 3. The van der Waals surface area contributed by atoms with Crippen molar-refractivity contribution in [3.8, 4) is 0 Å². The molecule has 0 unspecified atom stereocenters. The molecule has 2 N–H and O–H groups in total. The van der Waals surface area contributed by atoms with Gasteiger partial charge in [-0.25, -0.2) is 4.39 Å². The summed E-state index contributed by atoms with van der Waals surface area (Å²) in [5.41, 5.74) is 7.57. The Labute approximate surface area is 115 Å². The number of para-hydroxylation sites is 1. The molecule has 1 heterocycles. The Morgan fingerprint density at radius 1 is 1.26 bits per heavy atom. The van der Waals surface area contributed by atoms with Gasteiger partial charge in [-0.2, -0.15) is 0 Å². The summed E-state index contributed by atoms with van der Waals surface area (Å²) in [6, 6.07) is 5.06. The molecule has 1 aliphatic heterocycles. The Hall–Kier alpha value is -1.13. The minimum Gasteiger partial charge on any atom is -0.366 e. The maximum Gasteiger partial charge on any atom is 0.146 e. The molecule has 1 aromatic rings. The summed E-state index contributed by atoms with van der Waals surface area (Å²) in [5.74, 6) is -0.154. The molecule has 0 amide bonds. The topological polar surface area (TPSA) is 32.5 Å². The van der Waals surface area contributed by atoms with Crippen molar-refractivity contribution in [2.75, 3.05) is 37.6 Å². The third-order valence-corrected chi connectivity index (χ3v) is 3.74. The fourth-order valence-electron chi connectivity index (χ4n) is 2.74. The monoisotopic (exact) mass is 265 g/mol. The van der Waals surface area contributed by atoms with Gasteiger partial charge in [0.15, 0.2) is 0 Å². The minimum atomic E-state index is -0.154. The second-order valence-corrected chi connectivity index (χ2v) is 5.30. The van der Waals surface area contributed by atoms with Gasteiger partial charge in [-0.05, 0) is 31.5 Å². The summed E-state index contributed by atoms with van der Waals surface area (Å²) in [6.45, 7) is 8.98. The van der Waals surface area contributed by atoms with Crippen LogP contribution in [0.5, 0.6) is 0 Å². The zero-order valence-electron chi connectivity index (χ0n) is 11.9. The number of nitrogens with two attached hydrogens (primary N) is 1. The summed E-state index contributed by atoms with van der Waals surface area (Å²) in [4.78, 5) is 4.57. The number of hydrogen-bond donors (Lipinski definition) is 1. The summed E-state index contributed by atoms with van der Waals surface area (Å²) < 4.78 is 14.1. The second kappa shape index (κ2) is 6.35. The predicted octanol–water partition coefficient (Wildman–Crippen LogP) is 2.38. The van der Waals surface area contributed by atoms with Crippen LogP contribution in [0.2, 0.25) is 0 Å².